The molecule has 0 saturated carbocycles. The average molecular weight is 746 g/mol. The number of fused-ring (bicyclic) bond motifs is 2. The van der Waals surface area contributed by atoms with Gasteiger partial charge in [0, 0.05) is 83.1 Å². The molecule has 0 unspecified atom stereocenters. The molecule has 1 atom stereocenters. The number of ether oxygens (including phenoxy) is 2. The van der Waals surface area contributed by atoms with Crippen LogP contribution in [0.15, 0.2) is 45.6 Å². The predicted molar refractivity (Wildman–Crippen MR) is 200 cm³/mol. The number of carbonyl (C=O) groups is 4. The number of carbonyl (C=O) groups excluding carboxylic acids is 4. The van der Waals surface area contributed by atoms with Crippen LogP contribution in [-0.2, 0) is 31.9 Å². The number of aryl methyl sites for hydroxylation is 1. The number of para-hydroxylation sites is 1. The monoisotopic (exact) mass is 745 g/mol. The van der Waals surface area contributed by atoms with Crippen molar-refractivity contribution in [2.45, 2.75) is 70.6 Å². The minimum absolute atomic E-state index is 0.0201. The lowest BCUT2D eigenvalue weighted by Crippen LogP contribution is -2.55. The summed E-state index contributed by atoms with van der Waals surface area (Å²) >= 11 is 0. The highest BCUT2D eigenvalue weighted by Crippen LogP contribution is 2.27. The van der Waals surface area contributed by atoms with Gasteiger partial charge in [-0.2, -0.15) is 0 Å². The average Bonchev–Trinajstić information content (AvgIpc) is 3.47. The van der Waals surface area contributed by atoms with Crippen molar-refractivity contribution in [2.75, 3.05) is 77.4 Å². The molecule has 2 N–H and O–H groups in total. The van der Waals surface area contributed by atoms with Gasteiger partial charge in [-0.3, -0.25) is 24.4 Å². The maximum atomic E-state index is 14.2. The predicted octanol–water partition coefficient (Wildman–Crippen LogP) is 3.20. The third-order valence-corrected chi connectivity index (χ3v) is 11.4. The highest BCUT2D eigenvalue weighted by Gasteiger charge is 2.37. The largest absolute Gasteiger partial charge is 0.465 e. The van der Waals surface area contributed by atoms with Crippen LogP contribution >= 0.6 is 0 Å². The standard InChI is InChI=1S/C39H51N7O8/c1-3-52-34(47)25-42-18-20-43(21-19-42)29-9-13-44(14-10-29)36(48)33(24-27-22-26(2)35-32(23-27)53-38(50)41-35)54-39(51)45-15-11-30(12-16-45)46-17-8-28-6-4-5-7-31(28)40-37(46)49/h4-7,22-23,29-30,33H,3,8-21,24-25H2,1-2H3,(H,40,49)(H,41,50)/t33-/m1/s1. The molecule has 4 aliphatic heterocycles. The molecule has 15 heteroatoms. The van der Waals surface area contributed by atoms with Crippen LogP contribution in [0.4, 0.5) is 15.3 Å². The van der Waals surface area contributed by atoms with Gasteiger partial charge >= 0.3 is 23.8 Å². The zero-order chi connectivity index (χ0) is 37.8. The van der Waals surface area contributed by atoms with Gasteiger partial charge in [-0.05, 0) is 74.8 Å². The first-order valence-electron chi connectivity index (χ1n) is 19.3. The molecular formula is C39H51N7O8. The summed E-state index contributed by atoms with van der Waals surface area (Å²) in [4.78, 5) is 77.6. The summed E-state index contributed by atoms with van der Waals surface area (Å²) in [5, 5.41) is 3.04. The van der Waals surface area contributed by atoms with E-state index < -0.39 is 18.0 Å². The minimum atomic E-state index is -1.07. The fourth-order valence-corrected chi connectivity index (χ4v) is 8.43. The Morgan fingerprint density at radius 3 is 2.33 bits per heavy atom. The molecule has 0 bridgehead atoms. The van der Waals surface area contributed by atoms with E-state index in [9.17, 15) is 24.0 Å². The molecule has 54 heavy (non-hydrogen) atoms. The van der Waals surface area contributed by atoms with Gasteiger partial charge in [0.25, 0.3) is 5.91 Å². The molecule has 5 heterocycles. The third kappa shape index (κ3) is 8.57. The highest BCUT2D eigenvalue weighted by molar-refractivity contribution is 5.91. The van der Waals surface area contributed by atoms with E-state index in [-0.39, 0.29) is 30.4 Å². The molecule has 15 nitrogen and oxygen atoms in total. The summed E-state index contributed by atoms with van der Waals surface area (Å²) < 4.78 is 16.5. The van der Waals surface area contributed by atoms with E-state index in [1.54, 1.807) is 15.9 Å². The number of nitrogens with one attached hydrogen (secondary N) is 2. The molecular weight excluding hydrogens is 694 g/mol. The van der Waals surface area contributed by atoms with Gasteiger partial charge in [-0.1, -0.05) is 24.3 Å². The van der Waals surface area contributed by atoms with Gasteiger partial charge in [0.15, 0.2) is 11.7 Å². The maximum Gasteiger partial charge on any atom is 0.417 e. The zero-order valence-electron chi connectivity index (χ0n) is 31.2. The van der Waals surface area contributed by atoms with E-state index in [0.29, 0.717) is 75.9 Å². The van der Waals surface area contributed by atoms with E-state index in [2.05, 4.69) is 20.1 Å². The molecule has 3 aromatic rings. The number of benzene rings is 2. The zero-order valence-corrected chi connectivity index (χ0v) is 31.2. The van der Waals surface area contributed by atoms with Gasteiger partial charge in [-0.25, -0.2) is 14.4 Å². The Morgan fingerprint density at radius 2 is 1.59 bits per heavy atom. The second kappa shape index (κ2) is 16.6. The molecule has 290 valence electrons. The summed E-state index contributed by atoms with van der Waals surface area (Å²) in [6.07, 6.45) is 2.05. The van der Waals surface area contributed by atoms with Crippen LogP contribution in [0.5, 0.6) is 0 Å². The van der Waals surface area contributed by atoms with Gasteiger partial charge in [0.05, 0.1) is 18.7 Å². The van der Waals surface area contributed by atoms with Gasteiger partial charge in [-0.15, -0.1) is 0 Å². The van der Waals surface area contributed by atoms with Crippen LogP contribution in [0.2, 0.25) is 0 Å². The fourth-order valence-electron chi connectivity index (χ4n) is 8.43. The number of piperidine rings is 2. The topological polar surface area (TPSA) is 161 Å². The molecule has 2 aromatic carbocycles. The number of piperazine rings is 1. The molecule has 0 aliphatic carbocycles. The van der Waals surface area contributed by atoms with Crippen LogP contribution in [0, 0.1) is 6.92 Å². The lowest BCUT2D eigenvalue weighted by molar-refractivity contribution is -0.145. The molecule has 3 saturated heterocycles. The maximum absolute atomic E-state index is 14.2. The summed E-state index contributed by atoms with van der Waals surface area (Å²) in [5.41, 5.74) is 4.43. The Labute approximate surface area is 314 Å². The number of esters is 1. The fraction of sp³-hybridized carbons (Fsp3) is 0.564. The number of amides is 4. The number of hydrogen-bond acceptors (Lipinski definition) is 10. The molecule has 4 amide bonds. The first kappa shape index (κ1) is 37.4. The normalized spacial score (nSPS) is 20.0. The summed E-state index contributed by atoms with van der Waals surface area (Å²) in [6.45, 7) is 10.1. The molecule has 4 aliphatic rings. The smallest absolute Gasteiger partial charge is 0.417 e. The summed E-state index contributed by atoms with van der Waals surface area (Å²) in [6, 6.07) is 11.6. The lowest BCUT2D eigenvalue weighted by Gasteiger charge is -2.43. The Balaban J connectivity index is 0.974. The van der Waals surface area contributed by atoms with Crippen LogP contribution in [0.25, 0.3) is 11.1 Å². The number of H-pyrrole nitrogens is 1. The van der Waals surface area contributed by atoms with Crippen LogP contribution in [0.1, 0.15) is 49.3 Å². The Hall–Kier alpha value is -4.89. The number of rotatable bonds is 9. The Morgan fingerprint density at radius 1 is 0.889 bits per heavy atom. The SMILES string of the molecule is CCOC(=O)CN1CCN(C2CCN(C(=O)[C@@H](Cc3cc(C)c4[nH]c(=O)oc4c3)OC(=O)N3CCC(N4CCc5ccccc5NC4=O)CC3)CC2)CC1. The number of aromatic nitrogens is 1. The number of oxazole rings is 1. The van der Waals surface area contributed by atoms with Gasteiger partial charge in [0.1, 0.15) is 0 Å². The van der Waals surface area contributed by atoms with E-state index >= 15 is 0 Å². The Bertz CT molecular complexity index is 1890. The molecule has 3 fully saturated rings. The first-order chi connectivity index (χ1) is 26.1. The number of anilines is 1. The minimum Gasteiger partial charge on any atom is -0.465 e. The molecule has 0 radical (unpaired) electrons. The number of likely N-dealkylation sites (tertiary alicyclic amines) is 2. The number of nitrogens with zero attached hydrogens (tertiary/aromatic N) is 5. The third-order valence-electron chi connectivity index (χ3n) is 11.4. The number of urea groups is 1. The van der Waals surface area contributed by atoms with Gasteiger partial charge in [0.2, 0.25) is 0 Å². The highest BCUT2D eigenvalue weighted by atomic mass is 16.6. The van der Waals surface area contributed by atoms with E-state index in [1.165, 1.54) is 0 Å². The van der Waals surface area contributed by atoms with Crippen molar-refractivity contribution in [3.05, 3.63) is 63.6 Å². The lowest BCUT2D eigenvalue weighted by atomic mass is 9.99. The van der Waals surface area contributed by atoms with Crippen molar-refractivity contribution in [2.24, 2.45) is 0 Å². The van der Waals surface area contributed by atoms with Crippen molar-refractivity contribution < 1.29 is 33.1 Å². The van der Waals surface area contributed by atoms with Crippen molar-refractivity contribution in [3.8, 4) is 0 Å². The first-order valence-corrected chi connectivity index (χ1v) is 19.3. The van der Waals surface area contributed by atoms with E-state index in [1.807, 2.05) is 49.1 Å². The molecule has 7 rings (SSSR count). The van der Waals surface area contributed by atoms with E-state index in [4.69, 9.17) is 13.9 Å². The number of hydrogen-bond donors (Lipinski definition) is 2. The second-order valence-electron chi connectivity index (χ2n) is 14.8. The van der Waals surface area contributed by atoms with Crippen LogP contribution in [0.3, 0.4) is 0 Å². The molecule has 0 spiro atoms. The van der Waals surface area contributed by atoms with Crippen molar-refractivity contribution in [1.29, 1.82) is 0 Å². The van der Waals surface area contributed by atoms with Crippen molar-refractivity contribution in [1.82, 2.24) is 29.5 Å². The summed E-state index contributed by atoms with van der Waals surface area (Å²) in [5.74, 6) is -0.998. The quantitative estimate of drug-likeness (QED) is 0.312. The summed E-state index contributed by atoms with van der Waals surface area (Å²) in [7, 11) is 0. The molecule has 1 aromatic heterocycles. The van der Waals surface area contributed by atoms with Crippen molar-refractivity contribution >= 4 is 40.8 Å². The van der Waals surface area contributed by atoms with Crippen LogP contribution < -0.4 is 11.1 Å². The van der Waals surface area contributed by atoms with Gasteiger partial charge < -0.3 is 33.9 Å². The second-order valence-corrected chi connectivity index (χ2v) is 14.8. The van der Waals surface area contributed by atoms with Crippen LogP contribution in [-0.4, -0.2) is 144 Å². The Kier molecular flexibility index (Phi) is 11.5. The van der Waals surface area contributed by atoms with E-state index in [0.717, 1.165) is 67.8 Å². The van der Waals surface area contributed by atoms with Crippen molar-refractivity contribution in [3.63, 3.8) is 0 Å². The number of aromatic amines is 1.